The molecule has 0 spiro atoms. The Balaban J connectivity index is 2.27. The van der Waals surface area contributed by atoms with Gasteiger partial charge in [-0.15, -0.1) is 6.42 Å². The minimum atomic E-state index is -0.586. The van der Waals surface area contributed by atoms with Crippen molar-refractivity contribution in [2.45, 2.75) is 6.92 Å². The number of amides is 1. The van der Waals surface area contributed by atoms with Crippen LogP contribution in [0, 0.1) is 30.6 Å². The van der Waals surface area contributed by atoms with Gasteiger partial charge in [0.1, 0.15) is 18.2 Å². The molecule has 4 nitrogen and oxygen atoms in total. The minimum absolute atomic E-state index is 0.0135. The number of hydrogen-bond acceptors (Lipinski definition) is 3. The number of terminal acetylenes is 1. The molecule has 0 saturated heterocycles. The molecule has 27 heavy (non-hydrogen) atoms. The average Bonchev–Trinajstić information content (AvgIpc) is 2.62. The van der Waals surface area contributed by atoms with E-state index in [0.717, 1.165) is 5.56 Å². The van der Waals surface area contributed by atoms with Crippen LogP contribution in [-0.2, 0) is 4.79 Å². The van der Waals surface area contributed by atoms with Crippen molar-refractivity contribution in [3.63, 3.8) is 0 Å². The van der Waals surface area contributed by atoms with Crippen LogP contribution in [0.4, 0.5) is 5.69 Å². The minimum Gasteiger partial charge on any atom is -0.478 e. The van der Waals surface area contributed by atoms with Crippen LogP contribution in [0.15, 0.2) is 35.9 Å². The Kier molecular flexibility index (Phi) is 7.16. The van der Waals surface area contributed by atoms with Gasteiger partial charge in [0.2, 0.25) is 0 Å². The third-order valence-corrected chi connectivity index (χ3v) is 4.39. The van der Waals surface area contributed by atoms with Gasteiger partial charge < -0.3 is 10.1 Å². The monoisotopic (exact) mass is 418 g/mol. The molecule has 1 amide bonds. The van der Waals surface area contributed by atoms with Gasteiger partial charge in [-0.25, -0.2) is 0 Å². The largest absolute Gasteiger partial charge is 0.478 e. The van der Waals surface area contributed by atoms with Crippen molar-refractivity contribution in [2.75, 3.05) is 11.9 Å². The van der Waals surface area contributed by atoms with Gasteiger partial charge in [0, 0.05) is 10.7 Å². The van der Waals surface area contributed by atoms with Crippen molar-refractivity contribution in [1.82, 2.24) is 0 Å². The van der Waals surface area contributed by atoms with E-state index >= 15 is 0 Å². The van der Waals surface area contributed by atoms with E-state index in [2.05, 4.69) is 11.2 Å². The lowest BCUT2D eigenvalue weighted by molar-refractivity contribution is -0.112. The number of ether oxygens (including phenoxy) is 1. The molecule has 0 atom stereocenters. The second-order valence-electron chi connectivity index (χ2n) is 5.39. The fourth-order valence-corrected chi connectivity index (χ4v) is 2.89. The second kappa shape index (κ2) is 9.35. The van der Waals surface area contributed by atoms with Gasteiger partial charge in [0.05, 0.1) is 10.0 Å². The van der Waals surface area contributed by atoms with E-state index in [1.807, 2.05) is 13.0 Å². The lowest BCUT2D eigenvalue weighted by atomic mass is 10.1. The van der Waals surface area contributed by atoms with Crippen molar-refractivity contribution in [3.05, 3.63) is 62.1 Å². The maximum Gasteiger partial charge on any atom is 0.266 e. The van der Waals surface area contributed by atoms with E-state index in [1.165, 1.54) is 18.2 Å². The number of aryl methyl sites for hydroxylation is 1. The summed E-state index contributed by atoms with van der Waals surface area (Å²) in [6, 6.07) is 9.96. The molecule has 0 aromatic heterocycles. The van der Waals surface area contributed by atoms with Crippen LogP contribution in [0.2, 0.25) is 15.1 Å². The first-order valence-electron chi connectivity index (χ1n) is 7.60. The van der Waals surface area contributed by atoms with Crippen molar-refractivity contribution in [2.24, 2.45) is 0 Å². The molecule has 0 aliphatic rings. The van der Waals surface area contributed by atoms with Crippen molar-refractivity contribution in [1.29, 1.82) is 5.26 Å². The molecule has 0 bridgehead atoms. The topological polar surface area (TPSA) is 62.1 Å². The number of carbonyl (C=O) groups is 1. The van der Waals surface area contributed by atoms with Crippen LogP contribution < -0.4 is 10.1 Å². The zero-order chi connectivity index (χ0) is 20.0. The molecule has 2 rings (SSSR count). The number of halogens is 3. The smallest absolute Gasteiger partial charge is 0.266 e. The summed E-state index contributed by atoms with van der Waals surface area (Å²) in [5, 5.41) is 12.9. The molecule has 0 heterocycles. The lowest BCUT2D eigenvalue weighted by Crippen LogP contribution is -2.13. The molecular weight excluding hydrogens is 407 g/mol. The van der Waals surface area contributed by atoms with Crippen molar-refractivity contribution in [3.8, 4) is 24.2 Å². The van der Waals surface area contributed by atoms with Crippen LogP contribution in [-0.4, -0.2) is 12.5 Å². The summed E-state index contributed by atoms with van der Waals surface area (Å²) < 4.78 is 5.27. The summed E-state index contributed by atoms with van der Waals surface area (Å²) in [4.78, 5) is 12.4. The van der Waals surface area contributed by atoms with E-state index in [0.29, 0.717) is 16.3 Å². The Morgan fingerprint density at radius 2 is 1.89 bits per heavy atom. The highest BCUT2D eigenvalue weighted by Gasteiger charge is 2.13. The maximum absolute atomic E-state index is 12.4. The third kappa shape index (κ3) is 5.42. The molecule has 0 aliphatic carbocycles. The van der Waals surface area contributed by atoms with Gasteiger partial charge in [0.25, 0.3) is 5.91 Å². The number of anilines is 1. The number of carbonyl (C=O) groups excluding carboxylic acids is 1. The zero-order valence-electron chi connectivity index (χ0n) is 14.1. The van der Waals surface area contributed by atoms with Crippen LogP contribution in [0.1, 0.15) is 11.1 Å². The summed E-state index contributed by atoms with van der Waals surface area (Å²) in [5.74, 6) is 1.97. The van der Waals surface area contributed by atoms with Crippen LogP contribution >= 0.6 is 34.8 Å². The van der Waals surface area contributed by atoms with Gasteiger partial charge >= 0.3 is 0 Å². The zero-order valence-corrected chi connectivity index (χ0v) is 16.4. The van der Waals surface area contributed by atoms with Gasteiger partial charge in [-0.05, 0) is 48.4 Å². The maximum atomic E-state index is 12.4. The van der Waals surface area contributed by atoms with Crippen molar-refractivity contribution < 1.29 is 9.53 Å². The van der Waals surface area contributed by atoms with E-state index < -0.39 is 5.91 Å². The second-order valence-corrected chi connectivity index (χ2v) is 6.62. The molecule has 136 valence electrons. The first-order chi connectivity index (χ1) is 12.8. The first-order valence-corrected chi connectivity index (χ1v) is 8.73. The molecule has 2 aromatic carbocycles. The standard InChI is InChI=1S/C20H13Cl3N2O2/c1-3-6-27-19-17(22)8-13(9-18(19)23)7-14(11-24)20(26)25-15-5-4-12(2)16(21)10-15/h1,4-5,7-10H,6H2,2H3,(H,25,26)/b14-7-. The number of nitrogens with zero attached hydrogens (tertiary/aromatic N) is 1. The SMILES string of the molecule is C#CCOc1c(Cl)cc(/C=C(/C#N)C(=O)Nc2ccc(C)c(Cl)c2)cc1Cl. The highest BCUT2D eigenvalue weighted by molar-refractivity contribution is 6.37. The predicted octanol–water partition coefficient (Wildman–Crippen LogP) is 5.51. The van der Waals surface area contributed by atoms with E-state index in [1.54, 1.807) is 18.2 Å². The average molecular weight is 420 g/mol. The summed E-state index contributed by atoms with van der Waals surface area (Å²) in [5.41, 5.74) is 1.69. The molecule has 0 aliphatic heterocycles. The van der Waals surface area contributed by atoms with E-state index in [-0.39, 0.29) is 28.0 Å². The van der Waals surface area contributed by atoms with Crippen molar-refractivity contribution >= 4 is 52.5 Å². The van der Waals surface area contributed by atoms with Gasteiger partial charge in [-0.1, -0.05) is 46.8 Å². The van der Waals surface area contributed by atoms with Gasteiger partial charge in [0.15, 0.2) is 5.75 Å². The highest BCUT2D eigenvalue weighted by atomic mass is 35.5. The highest BCUT2D eigenvalue weighted by Crippen LogP contribution is 2.35. The van der Waals surface area contributed by atoms with Crippen LogP contribution in [0.5, 0.6) is 5.75 Å². The molecule has 0 fully saturated rings. The molecule has 0 saturated carbocycles. The fraction of sp³-hybridized carbons (Fsp3) is 0.100. The summed E-state index contributed by atoms with van der Waals surface area (Å²) in [6.45, 7) is 1.86. The third-order valence-electron chi connectivity index (χ3n) is 3.43. The number of nitriles is 1. The molecule has 2 aromatic rings. The Hall–Kier alpha value is -2.63. The molecule has 0 unspecified atom stereocenters. The summed E-state index contributed by atoms with van der Waals surface area (Å²) in [7, 11) is 0. The number of rotatable bonds is 5. The van der Waals surface area contributed by atoms with E-state index in [4.69, 9.17) is 46.0 Å². The van der Waals surface area contributed by atoms with Crippen LogP contribution in [0.25, 0.3) is 6.08 Å². The Bertz CT molecular complexity index is 978. The van der Waals surface area contributed by atoms with Crippen LogP contribution in [0.3, 0.4) is 0 Å². The molecule has 0 radical (unpaired) electrons. The Labute approximate surface area is 172 Å². The predicted molar refractivity (Wildman–Crippen MR) is 109 cm³/mol. The molecular formula is C20H13Cl3N2O2. The summed E-state index contributed by atoms with van der Waals surface area (Å²) in [6.07, 6.45) is 6.51. The van der Waals surface area contributed by atoms with Gasteiger partial charge in [-0.2, -0.15) is 5.26 Å². The van der Waals surface area contributed by atoms with E-state index in [9.17, 15) is 10.1 Å². The molecule has 7 heteroatoms. The first kappa shape index (κ1) is 20.7. The molecule has 1 N–H and O–H groups in total. The Morgan fingerprint density at radius 1 is 1.22 bits per heavy atom. The fourth-order valence-electron chi connectivity index (χ4n) is 2.10. The normalized spacial score (nSPS) is 10.7. The lowest BCUT2D eigenvalue weighted by Gasteiger charge is -2.09. The number of nitrogens with one attached hydrogen (secondary N) is 1. The van der Waals surface area contributed by atoms with Gasteiger partial charge in [-0.3, -0.25) is 4.79 Å². The number of hydrogen-bond donors (Lipinski definition) is 1. The number of benzene rings is 2. The Morgan fingerprint density at radius 3 is 2.44 bits per heavy atom. The summed E-state index contributed by atoms with van der Waals surface area (Å²) >= 11 is 18.3. The quantitative estimate of drug-likeness (QED) is 0.395.